The number of ether oxygens (including phenoxy) is 2. The van der Waals surface area contributed by atoms with Crippen LogP contribution < -0.4 is 9.47 Å². The number of aliphatic hydroxyl groups excluding tert-OH is 1. The van der Waals surface area contributed by atoms with Crippen LogP contribution in [0.2, 0.25) is 0 Å². The van der Waals surface area contributed by atoms with Crippen LogP contribution in [0.4, 0.5) is 0 Å². The van der Waals surface area contributed by atoms with Gasteiger partial charge in [0.1, 0.15) is 0 Å². The lowest BCUT2D eigenvalue weighted by atomic mass is 9.71. The van der Waals surface area contributed by atoms with Gasteiger partial charge in [-0.3, -0.25) is 4.90 Å². The van der Waals surface area contributed by atoms with Crippen LogP contribution in [-0.4, -0.2) is 43.4 Å². The van der Waals surface area contributed by atoms with E-state index in [1.54, 1.807) is 14.2 Å². The first kappa shape index (κ1) is 17.6. The molecule has 0 aliphatic carbocycles. The molecule has 4 nitrogen and oxygen atoms in total. The second-order valence-electron chi connectivity index (χ2n) is 8.00. The Bertz CT molecular complexity index is 601. The number of aliphatic hydroxyl groups is 1. The lowest BCUT2D eigenvalue weighted by Crippen LogP contribution is -2.58. The van der Waals surface area contributed by atoms with Crippen molar-refractivity contribution in [3.63, 3.8) is 0 Å². The summed E-state index contributed by atoms with van der Waals surface area (Å²) in [5.41, 5.74) is 2.48. The topological polar surface area (TPSA) is 41.9 Å². The number of hydrogen-bond donors (Lipinski definition) is 1. The lowest BCUT2D eigenvalue weighted by Gasteiger charge is -2.53. The van der Waals surface area contributed by atoms with Gasteiger partial charge in [-0.05, 0) is 61.3 Å². The van der Waals surface area contributed by atoms with E-state index in [2.05, 4.69) is 37.8 Å². The molecule has 0 aromatic heterocycles. The van der Waals surface area contributed by atoms with Crippen LogP contribution in [0.25, 0.3) is 0 Å². The van der Waals surface area contributed by atoms with E-state index in [9.17, 15) is 5.11 Å². The van der Waals surface area contributed by atoms with Crippen molar-refractivity contribution in [3.05, 3.63) is 23.3 Å². The van der Waals surface area contributed by atoms with Crippen molar-refractivity contribution in [1.29, 1.82) is 0 Å². The van der Waals surface area contributed by atoms with E-state index in [4.69, 9.17) is 9.47 Å². The smallest absolute Gasteiger partial charge is 0.161 e. The van der Waals surface area contributed by atoms with E-state index >= 15 is 0 Å². The molecule has 24 heavy (non-hydrogen) atoms. The van der Waals surface area contributed by atoms with Gasteiger partial charge in [-0.1, -0.05) is 13.8 Å². The van der Waals surface area contributed by atoms with Gasteiger partial charge in [-0.25, -0.2) is 0 Å². The molecule has 0 amide bonds. The molecule has 1 N–H and O–H groups in total. The Labute approximate surface area is 145 Å². The molecular weight excluding hydrogens is 301 g/mol. The molecule has 0 radical (unpaired) electrons. The largest absolute Gasteiger partial charge is 0.493 e. The van der Waals surface area contributed by atoms with Crippen molar-refractivity contribution in [2.24, 2.45) is 11.8 Å². The third-order valence-corrected chi connectivity index (χ3v) is 5.92. The molecular formula is C20H31NO3. The Balaban J connectivity index is 1.96. The highest BCUT2D eigenvalue weighted by atomic mass is 16.5. The van der Waals surface area contributed by atoms with E-state index < -0.39 is 0 Å². The molecule has 1 aromatic carbocycles. The third kappa shape index (κ3) is 2.91. The van der Waals surface area contributed by atoms with Gasteiger partial charge in [0.25, 0.3) is 0 Å². The van der Waals surface area contributed by atoms with Crippen molar-refractivity contribution in [1.82, 2.24) is 4.90 Å². The average molecular weight is 332 g/mol. The van der Waals surface area contributed by atoms with Gasteiger partial charge >= 0.3 is 0 Å². The Hall–Kier alpha value is -1.26. The summed E-state index contributed by atoms with van der Waals surface area (Å²) in [7, 11) is 3.36. The molecule has 1 saturated heterocycles. The van der Waals surface area contributed by atoms with Gasteiger partial charge in [0, 0.05) is 18.6 Å². The maximum Gasteiger partial charge on any atom is 0.161 e. The molecule has 0 bridgehead atoms. The molecule has 0 unspecified atom stereocenters. The second kappa shape index (κ2) is 6.57. The van der Waals surface area contributed by atoms with Gasteiger partial charge in [0.2, 0.25) is 0 Å². The van der Waals surface area contributed by atoms with Gasteiger partial charge in [0.05, 0.1) is 20.3 Å². The highest BCUT2D eigenvalue weighted by Gasteiger charge is 2.46. The standard InChI is InChI=1S/C20H31NO3/c1-13(2)8-15-12-21-7-6-14-9-18(23-4)19(24-5)10-16(14)20(21,3)11-17(15)22/h9-10,13,15,17,22H,6-8,11-12H2,1-5H3/t15-,17-,20-/m0/s1/i4-1. The number of methoxy groups -OCH3 is 2. The highest BCUT2D eigenvalue weighted by Crippen LogP contribution is 2.47. The summed E-state index contributed by atoms with van der Waals surface area (Å²) in [5, 5.41) is 10.8. The minimum absolute atomic E-state index is 0.125. The number of nitrogens with zero attached hydrogens (tertiary/aromatic N) is 1. The van der Waals surface area contributed by atoms with Crippen LogP contribution in [0, 0.1) is 11.8 Å². The first-order valence-corrected chi connectivity index (χ1v) is 9.07. The molecule has 0 saturated carbocycles. The molecule has 1 fully saturated rings. The first-order valence-electron chi connectivity index (χ1n) is 9.07. The van der Waals surface area contributed by atoms with Crippen molar-refractivity contribution in [3.8, 4) is 11.5 Å². The Kier molecular flexibility index (Phi) is 4.80. The minimum atomic E-state index is -0.243. The SMILES string of the molecule is COc1cc2c(cc1O[11CH3])CCN1C[C@H](CC(C)C)[C@@H](O)C[C@@]21C. The zero-order valence-electron chi connectivity index (χ0n) is 15.6. The van der Waals surface area contributed by atoms with Crippen LogP contribution in [0.15, 0.2) is 12.1 Å². The number of benzene rings is 1. The summed E-state index contributed by atoms with van der Waals surface area (Å²) in [4.78, 5) is 2.57. The van der Waals surface area contributed by atoms with Crippen LogP contribution in [-0.2, 0) is 12.0 Å². The van der Waals surface area contributed by atoms with Crippen molar-refractivity contribution < 1.29 is 14.6 Å². The third-order valence-electron chi connectivity index (χ3n) is 5.92. The quantitative estimate of drug-likeness (QED) is 0.919. The number of rotatable bonds is 4. The first-order chi connectivity index (χ1) is 11.4. The number of hydrogen-bond acceptors (Lipinski definition) is 4. The molecule has 134 valence electrons. The van der Waals surface area contributed by atoms with Crippen LogP contribution in [0.3, 0.4) is 0 Å². The number of fused-ring (bicyclic) bond motifs is 3. The summed E-state index contributed by atoms with van der Waals surface area (Å²) in [6.45, 7) is 8.77. The van der Waals surface area contributed by atoms with Crippen LogP contribution in [0.5, 0.6) is 11.5 Å². The Morgan fingerprint density at radius 1 is 1.25 bits per heavy atom. The molecule has 3 atom stereocenters. The summed E-state index contributed by atoms with van der Waals surface area (Å²) in [5.74, 6) is 2.57. The van der Waals surface area contributed by atoms with E-state index in [0.29, 0.717) is 11.8 Å². The predicted molar refractivity (Wildman–Crippen MR) is 95.7 cm³/mol. The fraction of sp³-hybridized carbons (Fsp3) is 0.700. The normalized spacial score (nSPS) is 30.0. The highest BCUT2D eigenvalue weighted by molar-refractivity contribution is 5.51. The molecule has 2 heterocycles. The lowest BCUT2D eigenvalue weighted by molar-refractivity contribution is -0.0647. The zero-order valence-corrected chi connectivity index (χ0v) is 15.6. The molecule has 2 aliphatic rings. The fourth-order valence-electron chi connectivity index (χ4n) is 4.65. The van der Waals surface area contributed by atoms with E-state index in [1.165, 1.54) is 11.1 Å². The van der Waals surface area contributed by atoms with Crippen LogP contribution >= 0.6 is 0 Å². The number of piperidine rings is 1. The summed E-state index contributed by atoms with van der Waals surface area (Å²) in [6.07, 6.45) is 2.66. The molecule has 4 heteroatoms. The molecule has 0 spiro atoms. The van der Waals surface area contributed by atoms with Gasteiger partial charge in [-0.15, -0.1) is 0 Å². The molecule has 3 rings (SSSR count). The van der Waals surface area contributed by atoms with Crippen molar-refractivity contribution >= 4 is 0 Å². The molecule has 2 aliphatic heterocycles. The Morgan fingerprint density at radius 3 is 2.54 bits per heavy atom. The second-order valence-corrected chi connectivity index (χ2v) is 8.00. The van der Waals surface area contributed by atoms with Crippen LogP contribution in [0.1, 0.15) is 44.7 Å². The molecule has 1 aromatic rings. The predicted octanol–water partition coefficient (Wildman–Crippen LogP) is 3.20. The maximum absolute atomic E-state index is 10.8. The zero-order chi connectivity index (χ0) is 17.5. The van der Waals surface area contributed by atoms with Gasteiger partial charge in [0.15, 0.2) is 11.5 Å². The summed E-state index contributed by atoms with van der Waals surface area (Å²) < 4.78 is 11.0. The van der Waals surface area contributed by atoms with Crippen molar-refractivity contribution in [2.45, 2.75) is 51.7 Å². The van der Waals surface area contributed by atoms with Gasteiger partial charge < -0.3 is 14.6 Å². The monoisotopic (exact) mass is 332 g/mol. The fourth-order valence-corrected chi connectivity index (χ4v) is 4.65. The Morgan fingerprint density at radius 2 is 1.92 bits per heavy atom. The van der Waals surface area contributed by atoms with E-state index in [-0.39, 0.29) is 11.6 Å². The summed E-state index contributed by atoms with van der Waals surface area (Å²) in [6, 6.07) is 4.24. The van der Waals surface area contributed by atoms with Gasteiger partial charge in [-0.2, -0.15) is 0 Å². The van der Waals surface area contributed by atoms with E-state index in [0.717, 1.165) is 43.9 Å². The average Bonchev–Trinajstić information content (AvgIpc) is 2.54. The maximum atomic E-state index is 10.8. The summed E-state index contributed by atoms with van der Waals surface area (Å²) >= 11 is 0. The minimum Gasteiger partial charge on any atom is -0.493 e. The van der Waals surface area contributed by atoms with Crippen molar-refractivity contribution in [2.75, 3.05) is 27.3 Å². The van der Waals surface area contributed by atoms with E-state index in [1.807, 2.05) is 0 Å².